The Morgan fingerprint density at radius 1 is 1.10 bits per heavy atom. The number of ether oxygens (including phenoxy) is 1. The highest BCUT2D eigenvalue weighted by Crippen LogP contribution is 2.23. The van der Waals surface area contributed by atoms with Gasteiger partial charge in [-0.25, -0.2) is 4.68 Å². The number of carbonyl (C=O) groups is 2. The first-order valence-electron chi connectivity index (χ1n) is 9.74. The highest BCUT2D eigenvalue weighted by Gasteiger charge is 2.22. The molecule has 3 aromatic rings. The van der Waals surface area contributed by atoms with Gasteiger partial charge in [0.15, 0.2) is 6.10 Å². The molecule has 1 atom stereocenters. The van der Waals surface area contributed by atoms with Crippen LogP contribution in [0.5, 0.6) is 0 Å². The summed E-state index contributed by atoms with van der Waals surface area (Å²) >= 11 is 0. The number of hydrogen-bond acceptors (Lipinski definition) is 5. The zero-order chi connectivity index (χ0) is 20.5. The maximum absolute atomic E-state index is 12.7. The van der Waals surface area contributed by atoms with Crippen molar-refractivity contribution in [2.75, 3.05) is 0 Å². The van der Waals surface area contributed by atoms with E-state index in [-0.39, 0.29) is 17.8 Å². The molecule has 0 N–H and O–H groups in total. The molecule has 4 rings (SSSR count). The lowest BCUT2D eigenvalue weighted by Crippen LogP contribution is -2.27. The molecule has 1 heterocycles. The second kappa shape index (κ2) is 7.62. The minimum absolute atomic E-state index is 0.115. The molecule has 0 bridgehead atoms. The minimum Gasteiger partial charge on any atom is -0.454 e. The Kier molecular flexibility index (Phi) is 5.01. The van der Waals surface area contributed by atoms with Gasteiger partial charge in [0.1, 0.15) is 0 Å². The average Bonchev–Trinajstić information content (AvgIpc) is 3.19. The normalized spacial score (nSPS) is 13.9. The fourth-order valence-electron chi connectivity index (χ4n) is 3.90. The Morgan fingerprint density at radius 3 is 2.62 bits per heavy atom. The highest BCUT2D eigenvalue weighted by molar-refractivity contribution is 6.00. The number of nitrogens with zero attached hydrogens (tertiary/aromatic N) is 2. The summed E-state index contributed by atoms with van der Waals surface area (Å²) in [5.41, 5.74) is 3.29. The van der Waals surface area contributed by atoms with Crippen LogP contribution in [0.25, 0.3) is 10.8 Å². The van der Waals surface area contributed by atoms with Gasteiger partial charge in [-0.15, -0.1) is 0 Å². The third-order valence-electron chi connectivity index (χ3n) is 5.41. The maximum Gasteiger partial charge on any atom is 0.312 e. The van der Waals surface area contributed by atoms with E-state index in [1.807, 2.05) is 12.1 Å². The van der Waals surface area contributed by atoms with Gasteiger partial charge in [0.25, 0.3) is 5.56 Å². The zero-order valence-corrected chi connectivity index (χ0v) is 16.5. The third kappa shape index (κ3) is 3.70. The summed E-state index contributed by atoms with van der Waals surface area (Å²) in [6, 6.07) is 12.7. The van der Waals surface area contributed by atoms with Crippen LogP contribution in [-0.4, -0.2) is 27.6 Å². The van der Waals surface area contributed by atoms with E-state index >= 15 is 0 Å². The Hall–Kier alpha value is -3.28. The first-order chi connectivity index (χ1) is 13.9. The Bertz CT molecular complexity index is 1180. The predicted octanol–water partition coefficient (Wildman–Crippen LogP) is 2.78. The van der Waals surface area contributed by atoms with Crippen LogP contribution in [0.2, 0.25) is 0 Å². The van der Waals surface area contributed by atoms with E-state index in [9.17, 15) is 14.4 Å². The number of fused-ring (bicyclic) bond motifs is 2. The summed E-state index contributed by atoms with van der Waals surface area (Å²) in [6.07, 6.45) is 2.14. The van der Waals surface area contributed by atoms with E-state index in [0.29, 0.717) is 22.0 Å². The van der Waals surface area contributed by atoms with E-state index in [2.05, 4.69) is 5.10 Å². The average molecular weight is 390 g/mol. The minimum atomic E-state index is -0.888. The van der Waals surface area contributed by atoms with Crippen LogP contribution < -0.4 is 5.56 Å². The number of carbonyl (C=O) groups excluding carboxylic acids is 2. The third-order valence-corrected chi connectivity index (χ3v) is 5.41. The van der Waals surface area contributed by atoms with Gasteiger partial charge < -0.3 is 4.74 Å². The molecule has 29 heavy (non-hydrogen) atoms. The van der Waals surface area contributed by atoms with Gasteiger partial charge in [-0.2, -0.15) is 5.10 Å². The maximum atomic E-state index is 12.7. The molecule has 0 fully saturated rings. The van der Waals surface area contributed by atoms with E-state index in [4.69, 9.17) is 4.74 Å². The van der Waals surface area contributed by atoms with Crippen LogP contribution in [0.3, 0.4) is 0 Å². The molecule has 0 saturated carbocycles. The van der Waals surface area contributed by atoms with Gasteiger partial charge in [0.2, 0.25) is 5.78 Å². The summed E-state index contributed by atoms with van der Waals surface area (Å²) in [4.78, 5) is 37.4. The van der Waals surface area contributed by atoms with Crippen molar-refractivity contribution in [3.8, 4) is 0 Å². The molecule has 1 aliphatic carbocycles. The fraction of sp³-hybridized carbons (Fsp3) is 0.304. The number of Topliss-reactive ketones (excluding diaryl/α,β-unsaturated/α-hetero) is 1. The topological polar surface area (TPSA) is 78.3 Å². The van der Waals surface area contributed by atoms with Crippen LogP contribution in [-0.2, 0) is 35.8 Å². The van der Waals surface area contributed by atoms with Gasteiger partial charge in [-0.05, 0) is 49.4 Å². The van der Waals surface area contributed by atoms with Crippen molar-refractivity contribution >= 4 is 22.5 Å². The van der Waals surface area contributed by atoms with E-state index < -0.39 is 12.1 Å². The van der Waals surface area contributed by atoms with E-state index in [0.717, 1.165) is 19.3 Å². The van der Waals surface area contributed by atoms with Crippen LogP contribution >= 0.6 is 0 Å². The number of ketones is 1. The Labute approximate surface area is 168 Å². The molecule has 0 aliphatic heterocycles. The molecule has 1 aromatic heterocycles. The van der Waals surface area contributed by atoms with Gasteiger partial charge in [0, 0.05) is 18.0 Å². The standard InChI is InChI=1S/C23H22N2O4/c1-14(22(27)17-11-10-15-6-5-7-16(15)12-17)29-21(26)13-20-18-8-3-4-9-19(18)23(28)25(2)24-20/h3-4,8-12,14H,5-7,13H2,1-2H3/t14-/m0/s1. The monoisotopic (exact) mass is 390 g/mol. The van der Waals surface area contributed by atoms with Crippen molar-refractivity contribution < 1.29 is 14.3 Å². The van der Waals surface area contributed by atoms with Crippen molar-refractivity contribution in [1.82, 2.24) is 9.78 Å². The van der Waals surface area contributed by atoms with Crippen molar-refractivity contribution in [2.45, 2.75) is 38.7 Å². The summed E-state index contributed by atoms with van der Waals surface area (Å²) < 4.78 is 6.61. The van der Waals surface area contributed by atoms with Crippen LogP contribution in [0.4, 0.5) is 0 Å². The molecule has 6 nitrogen and oxygen atoms in total. The second-order valence-corrected chi connectivity index (χ2v) is 7.43. The quantitative estimate of drug-likeness (QED) is 0.494. The number of aromatic nitrogens is 2. The van der Waals surface area contributed by atoms with Crippen molar-refractivity contribution in [2.24, 2.45) is 7.05 Å². The summed E-state index contributed by atoms with van der Waals surface area (Å²) in [6.45, 7) is 1.58. The molecule has 0 saturated heterocycles. The van der Waals surface area contributed by atoms with Crippen molar-refractivity contribution in [3.63, 3.8) is 0 Å². The smallest absolute Gasteiger partial charge is 0.312 e. The molecule has 0 radical (unpaired) electrons. The van der Waals surface area contributed by atoms with Crippen molar-refractivity contribution in [1.29, 1.82) is 0 Å². The molecule has 0 spiro atoms. The first-order valence-corrected chi connectivity index (χ1v) is 9.74. The lowest BCUT2D eigenvalue weighted by molar-refractivity contribution is -0.145. The van der Waals surface area contributed by atoms with Gasteiger partial charge in [-0.3, -0.25) is 14.4 Å². The number of rotatable bonds is 5. The SMILES string of the molecule is C[C@H](OC(=O)Cc1nn(C)c(=O)c2ccccc12)C(=O)c1ccc2c(c1)CCC2. The van der Waals surface area contributed by atoms with Crippen LogP contribution in [0.15, 0.2) is 47.3 Å². The van der Waals surface area contributed by atoms with Gasteiger partial charge in [-0.1, -0.05) is 30.3 Å². The number of aryl methyl sites for hydroxylation is 3. The zero-order valence-electron chi connectivity index (χ0n) is 16.5. The van der Waals surface area contributed by atoms with Crippen LogP contribution in [0, 0.1) is 0 Å². The molecule has 2 aromatic carbocycles. The second-order valence-electron chi connectivity index (χ2n) is 7.43. The lowest BCUT2D eigenvalue weighted by atomic mass is 10.0. The Balaban J connectivity index is 1.50. The lowest BCUT2D eigenvalue weighted by Gasteiger charge is -2.14. The molecule has 148 valence electrons. The van der Waals surface area contributed by atoms with E-state index in [1.165, 1.54) is 15.8 Å². The van der Waals surface area contributed by atoms with Crippen molar-refractivity contribution in [3.05, 3.63) is 75.2 Å². The highest BCUT2D eigenvalue weighted by atomic mass is 16.5. The molecule has 0 unspecified atom stereocenters. The predicted molar refractivity (Wildman–Crippen MR) is 109 cm³/mol. The summed E-state index contributed by atoms with van der Waals surface area (Å²) in [5.74, 6) is -0.769. The van der Waals surface area contributed by atoms with Gasteiger partial charge >= 0.3 is 5.97 Å². The fourth-order valence-corrected chi connectivity index (χ4v) is 3.90. The molecule has 6 heteroatoms. The van der Waals surface area contributed by atoms with E-state index in [1.54, 1.807) is 44.3 Å². The van der Waals surface area contributed by atoms with Crippen LogP contribution in [0.1, 0.15) is 40.5 Å². The van der Waals surface area contributed by atoms with Gasteiger partial charge in [0.05, 0.1) is 17.5 Å². The molecular weight excluding hydrogens is 368 g/mol. The first kappa shape index (κ1) is 19.1. The Morgan fingerprint density at radius 2 is 1.83 bits per heavy atom. The molecular formula is C23H22N2O4. The largest absolute Gasteiger partial charge is 0.454 e. The molecule has 1 aliphatic rings. The summed E-state index contributed by atoms with van der Waals surface area (Å²) in [5, 5.41) is 5.32. The number of hydrogen-bond donors (Lipinski definition) is 0. The molecule has 0 amide bonds. The number of benzene rings is 2. The summed E-state index contributed by atoms with van der Waals surface area (Å²) in [7, 11) is 1.55. The number of esters is 1.